The lowest BCUT2D eigenvalue weighted by atomic mass is 10.1. The zero-order valence-corrected chi connectivity index (χ0v) is 16.6. The van der Waals surface area contributed by atoms with Crippen molar-refractivity contribution in [3.05, 3.63) is 71.9 Å². The molecule has 2 nitrogen and oxygen atoms in total. The van der Waals surface area contributed by atoms with E-state index in [1.54, 1.807) is 12.2 Å². The van der Waals surface area contributed by atoms with E-state index in [0.29, 0.717) is 0 Å². The van der Waals surface area contributed by atoms with Crippen molar-refractivity contribution in [2.75, 3.05) is 0 Å². The van der Waals surface area contributed by atoms with Crippen molar-refractivity contribution in [3.8, 4) is 0 Å². The van der Waals surface area contributed by atoms with E-state index in [1.807, 2.05) is 66.7 Å². The van der Waals surface area contributed by atoms with Crippen LogP contribution in [0.5, 0.6) is 0 Å². The minimum atomic E-state index is 0.807. The third-order valence-electron chi connectivity index (χ3n) is 2.86. The Morgan fingerprint density at radius 3 is 1.96 bits per heavy atom. The highest BCUT2D eigenvalue weighted by molar-refractivity contribution is 5.58. The van der Waals surface area contributed by atoms with Gasteiger partial charge in [-0.05, 0) is 52.3 Å². The summed E-state index contributed by atoms with van der Waals surface area (Å²) in [4.78, 5) is 9.28. The van der Waals surface area contributed by atoms with Crippen LogP contribution in [0.2, 0.25) is 0 Å². The van der Waals surface area contributed by atoms with Crippen molar-refractivity contribution in [2.24, 2.45) is 0 Å². The minimum absolute atomic E-state index is 0.807. The Bertz CT molecular complexity index is 576. The molecule has 0 spiro atoms. The molecule has 24 heavy (non-hydrogen) atoms. The van der Waals surface area contributed by atoms with Gasteiger partial charge in [-0.3, -0.25) is 0 Å². The van der Waals surface area contributed by atoms with Crippen molar-refractivity contribution in [1.82, 2.24) is 9.97 Å². The monoisotopic (exact) mass is 326 g/mol. The molecule has 0 fully saturated rings. The molecule has 0 aromatic carbocycles. The standard InChI is InChI=1S/C17H22N2.C3H6.C2H6/c1-6-10-14(8-3)12-17-13(5)18-15(9-4)16(19-17)11-7-2;1-3-2;1-2/h6-11H,4,12H2,1-3,5H3;3H,1H2,2H3;1-2H3/b10-6-,11-7-,14-8+;;. The summed E-state index contributed by atoms with van der Waals surface area (Å²) in [5, 5.41) is 0. The number of rotatable bonds is 5. The second kappa shape index (κ2) is 15.7. The fraction of sp³-hybridized carbons (Fsp3) is 0.364. The van der Waals surface area contributed by atoms with Gasteiger partial charge in [0, 0.05) is 6.42 Å². The average Bonchev–Trinajstić information content (AvgIpc) is 2.59. The summed E-state index contributed by atoms with van der Waals surface area (Å²) in [6, 6.07) is 0. The fourth-order valence-corrected chi connectivity index (χ4v) is 1.85. The van der Waals surface area contributed by atoms with E-state index < -0.39 is 0 Å². The molecule has 0 atom stereocenters. The molecule has 0 radical (unpaired) electrons. The van der Waals surface area contributed by atoms with Crippen LogP contribution in [0, 0.1) is 6.92 Å². The first-order valence-corrected chi connectivity index (χ1v) is 8.55. The van der Waals surface area contributed by atoms with Gasteiger partial charge in [-0.2, -0.15) is 0 Å². The first kappa shape index (κ1) is 24.0. The van der Waals surface area contributed by atoms with Crippen molar-refractivity contribution < 1.29 is 0 Å². The van der Waals surface area contributed by atoms with Gasteiger partial charge in [0.25, 0.3) is 0 Å². The smallest absolute Gasteiger partial charge is 0.0887 e. The summed E-state index contributed by atoms with van der Waals surface area (Å²) >= 11 is 0. The molecule has 0 N–H and O–H groups in total. The lowest BCUT2D eigenvalue weighted by Crippen LogP contribution is -2.03. The molecule has 132 valence electrons. The van der Waals surface area contributed by atoms with Gasteiger partial charge in [0.15, 0.2) is 0 Å². The number of allylic oxidation sites excluding steroid dienone is 6. The van der Waals surface area contributed by atoms with Gasteiger partial charge in [0.05, 0.1) is 22.8 Å². The first-order chi connectivity index (χ1) is 11.6. The van der Waals surface area contributed by atoms with E-state index in [4.69, 9.17) is 4.98 Å². The van der Waals surface area contributed by atoms with Crippen LogP contribution in [0.15, 0.2) is 49.1 Å². The van der Waals surface area contributed by atoms with Crippen molar-refractivity contribution in [2.45, 2.75) is 54.9 Å². The highest BCUT2D eigenvalue weighted by Crippen LogP contribution is 2.15. The summed E-state index contributed by atoms with van der Waals surface area (Å²) in [6.45, 7) is 21.1. The lowest BCUT2D eigenvalue weighted by Gasteiger charge is -2.09. The van der Waals surface area contributed by atoms with Crippen LogP contribution < -0.4 is 0 Å². The molecule has 1 aromatic rings. The molecule has 0 saturated carbocycles. The Labute approximate surface area is 149 Å². The highest BCUT2D eigenvalue weighted by Gasteiger charge is 2.08. The summed E-state index contributed by atoms with van der Waals surface area (Å²) < 4.78 is 0. The van der Waals surface area contributed by atoms with Crippen molar-refractivity contribution in [3.63, 3.8) is 0 Å². The topological polar surface area (TPSA) is 25.8 Å². The third-order valence-corrected chi connectivity index (χ3v) is 2.86. The van der Waals surface area contributed by atoms with Crippen LogP contribution in [0.4, 0.5) is 0 Å². The van der Waals surface area contributed by atoms with Crippen LogP contribution in [-0.4, -0.2) is 9.97 Å². The molecular formula is C22H34N2. The summed E-state index contributed by atoms with van der Waals surface area (Å²) in [5.41, 5.74) is 4.95. The Morgan fingerprint density at radius 2 is 1.54 bits per heavy atom. The largest absolute Gasteiger partial charge is 0.250 e. The van der Waals surface area contributed by atoms with Crippen molar-refractivity contribution >= 4 is 12.2 Å². The Balaban J connectivity index is 0. The summed E-state index contributed by atoms with van der Waals surface area (Å²) in [5.74, 6) is 0. The third kappa shape index (κ3) is 9.04. The Morgan fingerprint density at radius 1 is 0.958 bits per heavy atom. The molecule has 0 unspecified atom stereocenters. The zero-order valence-electron chi connectivity index (χ0n) is 16.6. The second-order valence-corrected chi connectivity index (χ2v) is 4.68. The maximum Gasteiger partial charge on any atom is 0.0887 e. The van der Waals surface area contributed by atoms with Gasteiger partial charge in [-0.15, -0.1) is 6.58 Å². The van der Waals surface area contributed by atoms with E-state index in [0.717, 1.165) is 29.2 Å². The maximum absolute atomic E-state index is 4.71. The predicted molar refractivity (Wildman–Crippen MR) is 111 cm³/mol. The van der Waals surface area contributed by atoms with Crippen molar-refractivity contribution in [1.29, 1.82) is 0 Å². The molecule has 0 bridgehead atoms. The molecule has 2 heteroatoms. The molecule has 1 rings (SSSR count). The van der Waals surface area contributed by atoms with Crippen LogP contribution in [0.25, 0.3) is 12.2 Å². The first-order valence-electron chi connectivity index (χ1n) is 8.55. The van der Waals surface area contributed by atoms with Gasteiger partial charge in [0.2, 0.25) is 0 Å². The van der Waals surface area contributed by atoms with E-state index >= 15 is 0 Å². The second-order valence-electron chi connectivity index (χ2n) is 4.68. The van der Waals surface area contributed by atoms with E-state index in [9.17, 15) is 0 Å². The van der Waals surface area contributed by atoms with Gasteiger partial charge < -0.3 is 0 Å². The average molecular weight is 327 g/mol. The summed E-state index contributed by atoms with van der Waals surface area (Å²) in [6.07, 6.45) is 14.5. The predicted octanol–water partition coefficient (Wildman–Crippen LogP) is 6.74. The fourth-order valence-electron chi connectivity index (χ4n) is 1.85. The number of hydrogen-bond donors (Lipinski definition) is 0. The molecule has 0 aliphatic carbocycles. The summed E-state index contributed by atoms with van der Waals surface area (Å²) in [7, 11) is 0. The molecule has 0 saturated heterocycles. The van der Waals surface area contributed by atoms with E-state index in [2.05, 4.69) is 30.3 Å². The molecule has 0 amide bonds. The Kier molecular flexibility index (Phi) is 15.7. The quantitative estimate of drug-likeness (QED) is 0.442. The number of aromatic nitrogens is 2. The Hall–Kier alpha value is -2.22. The van der Waals surface area contributed by atoms with Crippen LogP contribution >= 0.6 is 0 Å². The number of nitrogens with zero attached hydrogens (tertiary/aromatic N) is 2. The number of hydrogen-bond acceptors (Lipinski definition) is 2. The normalized spacial score (nSPS) is 10.7. The van der Waals surface area contributed by atoms with Gasteiger partial charge in [-0.1, -0.05) is 50.8 Å². The highest BCUT2D eigenvalue weighted by atomic mass is 14.8. The van der Waals surface area contributed by atoms with Gasteiger partial charge in [-0.25, -0.2) is 9.97 Å². The zero-order chi connectivity index (χ0) is 19.0. The van der Waals surface area contributed by atoms with E-state index in [-0.39, 0.29) is 0 Å². The molecule has 1 heterocycles. The molecule has 0 aliphatic heterocycles. The van der Waals surface area contributed by atoms with Crippen LogP contribution in [-0.2, 0) is 6.42 Å². The number of aryl methyl sites for hydroxylation is 1. The SMILES string of the molecule is C=CC.C=Cc1nc(C)c(CC(/C=C\C)=C/C)nc1/C=C\C.CC. The van der Waals surface area contributed by atoms with Gasteiger partial charge in [0.1, 0.15) is 0 Å². The van der Waals surface area contributed by atoms with Crippen LogP contribution in [0.3, 0.4) is 0 Å². The van der Waals surface area contributed by atoms with Gasteiger partial charge >= 0.3 is 0 Å². The lowest BCUT2D eigenvalue weighted by molar-refractivity contribution is 0.965. The molecule has 1 aromatic heterocycles. The minimum Gasteiger partial charge on any atom is -0.250 e. The molecule has 0 aliphatic rings. The van der Waals surface area contributed by atoms with Crippen LogP contribution in [0.1, 0.15) is 64.3 Å². The maximum atomic E-state index is 4.71. The van der Waals surface area contributed by atoms with E-state index in [1.165, 1.54) is 5.57 Å². The molecular weight excluding hydrogens is 292 g/mol.